The third kappa shape index (κ3) is 2.77. The van der Waals surface area contributed by atoms with E-state index in [0.29, 0.717) is 17.0 Å². The van der Waals surface area contributed by atoms with Crippen LogP contribution in [0.25, 0.3) is 0 Å². The molecule has 120 valence electrons. The summed E-state index contributed by atoms with van der Waals surface area (Å²) in [7, 11) is 0. The van der Waals surface area contributed by atoms with E-state index >= 15 is 0 Å². The Labute approximate surface area is 139 Å². The summed E-state index contributed by atoms with van der Waals surface area (Å²) in [5.74, 6) is -0.846. The van der Waals surface area contributed by atoms with Gasteiger partial charge in [0, 0.05) is 5.69 Å². The summed E-state index contributed by atoms with van der Waals surface area (Å²) < 4.78 is 0. The van der Waals surface area contributed by atoms with Gasteiger partial charge in [-0.3, -0.25) is 9.79 Å². The Morgan fingerprint density at radius 3 is 2.29 bits per heavy atom. The number of nitrogen functional groups attached to an aromatic ring is 1. The number of hydrogen-bond acceptors (Lipinski definition) is 3. The zero-order valence-electron chi connectivity index (χ0n) is 12.9. The number of carbonyl (C=O) groups excluding carboxylic acids is 1. The Bertz CT molecular complexity index is 849. The van der Waals surface area contributed by atoms with Crippen molar-refractivity contribution in [3.05, 3.63) is 77.9 Å². The van der Waals surface area contributed by atoms with Gasteiger partial charge in [0.2, 0.25) is 0 Å². The molecule has 6 N–H and O–H groups in total. The minimum absolute atomic E-state index is 0.299. The van der Waals surface area contributed by atoms with Crippen LogP contribution in [0.3, 0.4) is 0 Å². The van der Waals surface area contributed by atoms with Gasteiger partial charge in [-0.05, 0) is 35.4 Å². The van der Waals surface area contributed by atoms with Crippen LogP contribution in [0.2, 0.25) is 0 Å². The summed E-state index contributed by atoms with van der Waals surface area (Å²) in [4.78, 5) is 21.0. The Morgan fingerprint density at radius 1 is 1.00 bits per heavy atom. The molecule has 1 unspecified atom stereocenters. The Kier molecular flexibility index (Phi) is 3.87. The molecule has 6 heteroatoms. The summed E-state index contributed by atoms with van der Waals surface area (Å²) >= 11 is 0. The van der Waals surface area contributed by atoms with Gasteiger partial charge in [0.1, 0.15) is 0 Å². The first kappa shape index (κ1) is 15.5. The van der Waals surface area contributed by atoms with Crippen molar-refractivity contribution < 1.29 is 4.79 Å². The average molecular weight is 319 g/mol. The first-order valence-electron chi connectivity index (χ1n) is 7.36. The largest absolute Gasteiger partial charge is 0.399 e. The maximum atomic E-state index is 12.7. The Hall–Kier alpha value is -3.41. The van der Waals surface area contributed by atoms with Crippen LogP contribution < -0.4 is 17.2 Å². The van der Waals surface area contributed by atoms with Crippen LogP contribution >= 0.6 is 0 Å². The number of guanidine groups is 1. The van der Waals surface area contributed by atoms with Crippen molar-refractivity contribution >= 4 is 23.3 Å². The molecule has 1 amide bonds. The molecule has 3 rings (SSSR count). The van der Waals surface area contributed by atoms with Crippen molar-refractivity contribution in [3.63, 3.8) is 0 Å². The molecule has 0 saturated heterocycles. The highest BCUT2D eigenvalue weighted by Gasteiger charge is 2.40. The molecular weight excluding hydrogens is 302 g/mol. The van der Waals surface area contributed by atoms with E-state index in [9.17, 15) is 4.79 Å². The van der Waals surface area contributed by atoms with Gasteiger partial charge in [0.05, 0.1) is 5.71 Å². The number of anilines is 1. The van der Waals surface area contributed by atoms with Gasteiger partial charge in [-0.2, -0.15) is 4.99 Å². The first-order valence-corrected chi connectivity index (χ1v) is 7.36. The van der Waals surface area contributed by atoms with Crippen LogP contribution in [0.5, 0.6) is 0 Å². The molecule has 0 fully saturated rings. The highest BCUT2D eigenvalue weighted by molar-refractivity contribution is 6.14. The molecule has 0 radical (unpaired) electrons. The van der Waals surface area contributed by atoms with E-state index in [-0.39, 0.29) is 5.96 Å². The predicted octanol–water partition coefficient (Wildman–Crippen LogP) is 1.32. The number of benzene rings is 2. The van der Waals surface area contributed by atoms with Crippen molar-refractivity contribution in [3.8, 4) is 0 Å². The van der Waals surface area contributed by atoms with Crippen LogP contribution in [0, 0.1) is 0 Å². The second-order valence-corrected chi connectivity index (χ2v) is 5.43. The van der Waals surface area contributed by atoms with Gasteiger partial charge in [-0.25, -0.2) is 0 Å². The van der Waals surface area contributed by atoms with Crippen molar-refractivity contribution in [2.45, 2.75) is 5.54 Å². The first-order chi connectivity index (χ1) is 11.5. The van der Waals surface area contributed by atoms with Crippen molar-refractivity contribution in [1.82, 2.24) is 0 Å². The van der Waals surface area contributed by atoms with Gasteiger partial charge in [-0.15, -0.1) is 0 Å². The standard InChI is InChI=1S/C18H17N5O/c19-14-8-6-13(7-9-14)18(16(24)22-17(20)21)11-10-15(23-18)12-4-2-1-3-5-12/h1-11H,19H2,(H4,20,21,22,24). The monoisotopic (exact) mass is 319 g/mol. The summed E-state index contributed by atoms with van der Waals surface area (Å²) in [5.41, 5.74) is 18.0. The number of nitrogens with zero attached hydrogens (tertiary/aromatic N) is 2. The summed E-state index contributed by atoms with van der Waals surface area (Å²) in [5, 5.41) is 0. The summed E-state index contributed by atoms with van der Waals surface area (Å²) in [6.07, 6.45) is 3.50. The molecule has 24 heavy (non-hydrogen) atoms. The highest BCUT2D eigenvalue weighted by atomic mass is 16.2. The fourth-order valence-corrected chi connectivity index (χ4v) is 2.58. The molecule has 2 aromatic carbocycles. The van der Waals surface area contributed by atoms with Gasteiger partial charge in [0.25, 0.3) is 5.91 Å². The van der Waals surface area contributed by atoms with E-state index in [2.05, 4.69) is 9.98 Å². The molecule has 0 bridgehead atoms. The normalized spacial score (nSPS) is 18.9. The molecule has 0 aromatic heterocycles. The number of aliphatic imine (C=N–C) groups is 2. The lowest BCUT2D eigenvalue weighted by molar-refractivity contribution is -0.121. The molecule has 6 nitrogen and oxygen atoms in total. The third-order valence-electron chi connectivity index (χ3n) is 3.76. The fourth-order valence-electron chi connectivity index (χ4n) is 2.58. The van der Waals surface area contributed by atoms with Crippen molar-refractivity contribution in [1.29, 1.82) is 0 Å². The maximum Gasteiger partial charge on any atom is 0.285 e. The zero-order valence-corrected chi connectivity index (χ0v) is 12.9. The molecule has 0 spiro atoms. The quantitative estimate of drug-likeness (QED) is 0.449. The van der Waals surface area contributed by atoms with Crippen molar-refractivity contribution in [2.75, 3.05) is 5.73 Å². The minimum Gasteiger partial charge on any atom is -0.399 e. The lowest BCUT2D eigenvalue weighted by atomic mass is 9.90. The third-order valence-corrected chi connectivity index (χ3v) is 3.76. The SMILES string of the molecule is NC(N)=NC(=O)C1(c2ccc(N)cc2)C=CC(c2ccccc2)=N1. The lowest BCUT2D eigenvalue weighted by Crippen LogP contribution is -2.33. The van der Waals surface area contributed by atoms with E-state index in [1.165, 1.54) is 0 Å². The van der Waals surface area contributed by atoms with E-state index in [4.69, 9.17) is 17.2 Å². The predicted molar refractivity (Wildman–Crippen MR) is 95.5 cm³/mol. The van der Waals surface area contributed by atoms with Crippen LogP contribution in [-0.4, -0.2) is 17.6 Å². The lowest BCUT2D eigenvalue weighted by Gasteiger charge is -2.21. The number of rotatable bonds is 3. The van der Waals surface area contributed by atoms with Gasteiger partial charge in [0.15, 0.2) is 11.5 Å². The van der Waals surface area contributed by atoms with Gasteiger partial charge >= 0.3 is 0 Å². The summed E-state index contributed by atoms with van der Waals surface area (Å²) in [6.45, 7) is 0. The molecule has 1 heterocycles. The molecule has 1 aliphatic heterocycles. The number of nitrogens with two attached hydrogens (primary N) is 3. The highest BCUT2D eigenvalue weighted by Crippen LogP contribution is 2.35. The smallest absolute Gasteiger partial charge is 0.285 e. The molecule has 0 saturated carbocycles. The van der Waals surface area contributed by atoms with E-state index in [1.807, 2.05) is 30.3 Å². The summed E-state index contributed by atoms with van der Waals surface area (Å²) in [6, 6.07) is 16.5. The van der Waals surface area contributed by atoms with Crippen LogP contribution in [0.1, 0.15) is 11.1 Å². The van der Waals surface area contributed by atoms with E-state index in [0.717, 1.165) is 5.56 Å². The van der Waals surface area contributed by atoms with Crippen LogP contribution in [0.4, 0.5) is 5.69 Å². The minimum atomic E-state index is -1.29. The number of allylic oxidation sites excluding steroid dienone is 1. The second-order valence-electron chi connectivity index (χ2n) is 5.43. The molecule has 1 atom stereocenters. The molecular formula is C18H17N5O. The molecule has 2 aromatic rings. The van der Waals surface area contributed by atoms with Crippen LogP contribution in [-0.2, 0) is 10.3 Å². The second kappa shape index (κ2) is 6.00. The van der Waals surface area contributed by atoms with Gasteiger partial charge in [-0.1, -0.05) is 42.5 Å². The van der Waals surface area contributed by atoms with Crippen molar-refractivity contribution in [2.24, 2.45) is 21.5 Å². The number of amides is 1. The molecule has 1 aliphatic rings. The Balaban J connectivity index is 2.13. The molecule has 0 aliphatic carbocycles. The van der Waals surface area contributed by atoms with E-state index in [1.54, 1.807) is 36.4 Å². The number of carbonyl (C=O) groups is 1. The number of hydrogen-bond donors (Lipinski definition) is 3. The van der Waals surface area contributed by atoms with Gasteiger partial charge < -0.3 is 17.2 Å². The van der Waals surface area contributed by atoms with Crippen LogP contribution in [0.15, 0.2) is 76.7 Å². The average Bonchev–Trinajstić information content (AvgIpc) is 3.02. The van der Waals surface area contributed by atoms with E-state index < -0.39 is 11.4 Å². The fraction of sp³-hybridized carbons (Fsp3) is 0.0556. The topological polar surface area (TPSA) is 120 Å². The zero-order chi connectivity index (χ0) is 17.2. The maximum absolute atomic E-state index is 12.7. The Morgan fingerprint density at radius 2 is 1.67 bits per heavy atom.